The topological polar surface area (TPSA) is 88.1 Å². The molecule has 2 amide bonds. The van der Waals surface area contributed by atoms with Gasteiger partial charge in [-0.3, -0.25) is 24.7 Å². The summed E-state index contributed by atoms with van der Waals surface area (Å²) in [5.74, 6) is 0. The van der Waals surface area contributed by atoms with Gasteiger partial charge in [-0.2, -0.15) is 0 Å². The molecule has 0 aliphatic rings. The number of carbonyl (C=O) groups excluding carboxylic acids is 2. The zero-order valence-electron chi connectivity index (χ0n) is 26.0. The van der Waals surface area contributed by atoms with Crippen LogP contribution in [0.1, 0.15) is 31.9 Å². The first-order chi connectivity index (χ1) is 21.2. The lowest BCUT2D eigenvalue weighted by molar-refractivity contribution is 0.150. The number of hydrogen-bond acceptors (Lipinski definition) is 9. The molecule has 0 unspecified atom stereocenters. The van der Waals surface area contributed by atoms with E-state index in [1.807, 2.05) is 36.4 Å². The minimum atomic E-state index is -0.437. The predicted molar refractivity (Wildman–Crippen MR) is 178 cm³/mol. The zero-order valence-corrected chi connectivity index (χ0v) is 27.6. The SMILES string of the molecule is COC(=O)N(c1cncs1)[C@H](Cc1ccccc1)CN(C[C@H](Cc1ccccc1)N(C(=O)OC)c1cncs1)CC(C)(C)C. The molecule has 44 heavy (non-hydrogen) atoms. The van der Waals surface area contributed by atoms with Crippen molar-refractivity contribution in [3.8, 4) is 0 Å². The molecule has 0 bridgehead atoms. The number of ether oxygens (including phenoxy) is 2. The quantitative estimate of drug-likeness (QED) is 0.156. The highest BCUT2D eigenvalue weighted by Crippen LogP contribution is 2.29. The Morgan fingerprint density at radius 3 is 1.45 bits per heavy atom. The standard InChI is InChI=1S/C33H41N5O4S2/c1-33(2,3)22-36(20-27(16-25-12-8-6-9-13-25)37(31(39)41-4)29-18-34-23-43-29)21-28(17-26-14-10-7-11-15-26)38(32(40)42-5)30-19-35-24-44-30/h6-15,18-19,23-24,27-28H,16-17,20-22H2,1-5H3/t27-,28+. The lowest BCUT2D eigenvalue weighted by Crippen LogP contribution is -2.54. The van der Waals surface area contributed by atoms with Crippen LogP contribution in [0, 0.1) is 5.41 Å². The summed E-state index contributed by atoms with van der Waals surface area (Å²) in [6.07, 6.45) is 3.74. The van der Waals surface area contributed by atoms with Crippen molar-refractivity contribution >= 4 is 44.9 Å². The van der Waals surface area contributed by atoms with Gasteiger partial charge in [-0.05, 0) is 29.4 Å². The molecule has 0 saturated carbocycles. The van der Waals surface area contributed by atoms with E-state index in [0.717, 1.165) is 27.7 Å². The van der Waals surface area contributed by atoms with Crippen molar-refractivity contribution in [2.75, 3.05) is 43.7 Å². The molecule has 2 aromatic heterocycles. The molecule has 0 fully saturated rings. The Kier molecular flexibility index (Phi) is 11.9. The lowest BCUT2D eigenvalue weighted by Gasteiger charge is -2.40. The van der Waals surface area contributed by atoms with E-state index in [2.05, 4.69) is 59.9 Å². The Labute approximate surface area is 268 Å². The Bertz CT molecular complexity index is 1310. The molecule has 0 radical (unpaired) electrons. The average Bonchev–Trinajstić information content (AvgIpc) is 3.73. The van der Waals surface area contributed by atoms with Crippen molar-refractivity contribution in [2.45, 2.75) is 45.7 Å². The molecule has 0 aliphatic heterocycles. The van der Waals surface area contributed by atoms with Crippen molar-refractivity contribution in [3.63, 3.8) is 0 Å². The van der Waals surface area contributed by atoms with Gasteiger partial charge in [0.25, 0.3) is 0 Å². The Hall–Kier alpha value is -3.80. The first-order valence-corrected chi connectivity index (χ1v) is 16.3. The third kappa shape index (κ3) is 9.35. The van der Waals surface area contributed by atoms with E-state index >= 15 is 0 Å². The fraction of sp³-hybridized carbons (Fsp3) is 0.394. The lowest BCUT2D eigenvalue weighted by atomic mass is 9.94. The summed E-state index contributed by atoms with van der Waals surface area (Å²) in [5, 5.41) is 1.44. The van der Waals surface area contributed by atoms with Crippen molar-refractivity contribution in [1.29, 1.82) is 0 Å². The molecule has 0 aliphatic carbocycles. The highest BCUT2D eigenvalue weighted by molar-refractivity contribution is 7.14. The van der Waals surface area contributed by atoms with Gasteiger partial charge in [0, 0.05) is 19.6 Å². The number of methoxy groups -OCH3 is 2. The van der Waals surface area contributed by atoms with E-state index in [1.165, 1.54) is 36.9 Å². The van der Waals surface area contributed by atoms with Gasteiger partial charge in [0.15, 0.2) is 0 Å². The van der Waals surface area contributed by atoms with E-state index in [0.29, 0.717) is 25.9 Å². The summed E-state index contributed by atoms with van der Waals surface area (Å²) < 4.78 is 10.6. The van der Waals surface area contributed by atoms with Crippen LogP contribution in [-0.4, -0.2) is 73.0 Å². The molecule has 4 aromatic rings. The van der Waals surface area contributed by atoms with Gasteiger partial charge in [0.1, 0.15) is 10.0 Å². The van der Waals surface area contributed by atoms with Crippen LogP contribution in [0.4, 0.5) is 19.6 Å². The molecule has 2 atom stereocenters. The van der Waals surface area contributed by atoms with Gasteiger partial charge >= 0.3 is 12.2 Å². The summed E-state index contributed by atoms with van der Waals surface area (Å²) in [7, 11) is 2.81. The van der Waals surface area contributed by atoms with E-state index in [1.54, 1.807) is 33.2 Å². The fourth-order valence-corrected chi connectivity index (χ4v) is 6.79. The van der Waals surface area contributed by atoms with Gasteiger partial charge in [-0.25, -0.2) is 9.59 Å². The molecule has 234 valence electrons. The van der Waals surface area contributed by atoms with Crippen LogP contribution in [-0.2, 0) is 22.3 Å². The maximum Gasteiger partial charge on any atom is 0.415 e. The van der Waals surface area contributed by atoms with Crippen LogP contribution in [0.2, 0.25) is 0 Å². The van der Waals surface area contributed by atoms with Crippen molar-refractivity contribution in [1.82, 2.24) is 14.9 Å². The predicted octanol–water partition coefficient (Wildman–Crippen LogP) is 7.02. The fourth-order valence-electron chi connectivity index (χ4n) is 5.41. The van der Waals surface area contributed by atoms with Gasteiger partial charge in [0.05, 0.1) is 49.7 Å². The zero-order chi connectivity index (χ0) is 31.5. The van der Waals surface area contributed by atoms with Crippen LogP contribution in [0.25, 0.3) is 0 Å². The summed E-state index contributed by atoms with van der Waals surface area (Å²) >= 11 is 2.80. The average molecular weight is 636 g/mol. The van der Waals surface area contributed by atoms with E-state index in [-0.39, 0.29) is 17.5 Å². The second-order valence-electron chi connectivity index (χ2n) is 11.8. The smallest absolute Gasteiger partial charge is 0.415 e. The Balaban J connectivity index is 1.76. The second-order valence-corrected chi connectivity index (χ2v) is 13.5. The number of rotatable bonds is 13. The number of carbonyl (C=O) groups is 2. The van der Waals surface area contributed by atoms with Crippen molar-refractivity contribution < 1.29 is 19.1 Å². The minimum absolute atomic E-state index is 0.0737. The number of anilines is 2. The summed E-state index contributed by atoms with van der Waals surface area (Å²) in [4.78, 5) is 41.0. The number of thiazole rings is 2. The second kappa shape index (κ2) is 15.8. The van der Waals surface area contributed by atoms with Crippen LogP contribution in [0.3, 0.4) is 0 Å². The highest BCUT2D eigenvalue weighted by atomic mass is 32.1. The first kappa shape index (κ1) is 33.1. The normalized spacial score (nSPS) is 12.9. The van der Waals surface area contributed by atoms with Gasteiger partial charge in [-0.15, -0.1) is 22.7 Å². The number of hydrogen-bond donors (Lipinski definition) is 0. The highest BCUT2D eigenvalue weighted by Gasteiger charge is 2.34. The van der Waals surface area contributed by atoms with Crippen LogP contribution in [0.5, 0.6) is 0 Å². The number of aromatic nitrogens is 2. The molecule has 11 heteroatoms. The third-order valence-electron chi connectivity index (χ3n) is 7.05. The first-order valence-electron chi connectivity index (χ1n) is 14.5. The van der Waals surface area contributed by atoms with Crippen LogP contribution in [0.15, 0.2) is 84.1 Å². The number of benzene rings is 2. The molecule has 0 N–H and O–H groups in total. The number of nitrogens with zero attached hydrogens (tertiary/aromatic N) is 5. The summed E-state index contributed by atoms with van der Waals surface area (Å²) in [6, 6.07) is 19.7. The molecule has 9 nitrogen and oxygen atoms in total. The summed E-state index contributed by atoms with van der Waals surface area (Å²) in [6.45, 7) is 8.37. The molecule has 2 aromatic carbocycles. The molecule has 0 saturated heterocycles. The maximum atomic E-state index is 13.4. The Morgan fingerprint density at radius 1 is 0.727 bits per heavy atom. The largest absolute Gasteiger partial charge is 0.452 e. The minimum Gasteiger partial charge on any atom is -0.452 e. The molecule has 0 spiro atoms. The van der Waals surface area contributed by atoms with Gasteiger partial charge in [0.2, 0.25) is 0 Å². The van der Waals surface area contributed by atoms with Crippen molar-refractivity contribution in [3.05, 3.63) is 95.2 Å². The number of amides is 2. The molecule has 4 rings (SSSR count). The van der Waals surface area contributed by atoms with E-state index in [9.17, 15) is 9.59 Å². The van der Waals surface area contributed by atoms with Crippen LogP contribution >= 0.6 is 22.7 Å². The van der Waals surface area contributed by atoms with E-state index in [4.69, 9.17) is 9.47 Å². The Morgan fingerprint density at radius 2 is 1.14 bits per heavy atom. The van der Waals surface area contributed by atoms with E-state index < -0.39 is 12.2 Å². The van der Waals surface area contributed by atoms with Gasteiger partial charge in [-0.1, -0.05) is 81.4 Å². The molecular weight excluding hydrogens is 595 g/mol. The summed E-state index contributed by atoms with van der Waals surface area (Å²) in [5.41, 5.74) is 5.57. The molecular formula is C33H41N5O4S2. The van der Waals surface area contributed by atoms with Gasteiger partial charge < -0.3 is 9.47 Å². The van der Waals surface area contributed by atoms with Crippen LogP contribution < -0.4 is 9.80 Å². The third-order valence-corrected chi connectivity index (χ3v) is 8.59. The maximum absolute atomic E-state index is 13.4. The molecule has 2 heterocycles. The van der Waals surface area contributed by atoms with Crippen molar-refractivity contribution in [2.24, 2.45) is 5.41 Å². The monoisotopic (exact) mass is 635 g/mol.